The Morgan fingerprint density at radius 2 is 1.96 bits per heavy atom. The van der Waals surface area contributed by atoms with Gasteiger partial charge in [0, 0.05) is 25.3 Å². The van der Waals surface area contributed by atoms with E-state index in [1.807, 2.05) is 4.90 Å². The Balaban J connectivity index is 1.46. The van der Waals surface area contributed by atoms with Crippen molar-refractivity contribution in [3.63, 3.8) is 0 Å². The summed E-state index contributed by atoms with van der Waals surface area (Å²) in [6.07, 6.45) is 0.695. The number of nitrogens with zero attached hydrogens (tertiary/aromatic N) is 4. The number of anilines is 1. The second-order valence-electron chi connectivity index (χ2n) is 6.39. The number of fused-ring (bicyclic) bond motifs is 1. The number of halogens is 3. The molecule has 4 heterocycles. The molecule has 1 aliphatic rings. The summed E-state index contributed by atoms with van der Waals surface area (Å²) < 4.78 is 45.2. The molecule has 0 radical (unpaired) electrons. The van der Waals surface area contributed by atoms with Crippen molar-refractivity contribution in [2.24, 2.45) is 0 Å². The number of carbonyl (C=O) groups is 1. The number of piperidine rings is 1. The van der Waals surface area contributed by atoms with Gasteiger partial charge in [0.05, 0.1) is 17.4 Å². The molecule has 1 fully saturated rings. The summed E-state index contributed by atoms with van der Waals surface area (Å²) in [5, 5.41) is 10.9. The highest BCUT2D eigenvalue weighted by molar-refractivity contribution is 5.93. The highest BCUT2D eigenvalue weighted by atomic mass is 19.4. The fourth-order valence-electron chi connectivity index (χ4n) is 3.15. The minimum atomic E-state index is -4.43. The quantitative estimate of drug-likeness (QED) is 0.757. The van der Waals surface area contributed by atoms with E-state index in [2.05, 4.69) is 15.5 Å². The smallest absolute Gasteiger partial charge is 0.417 e. The van der Waals surface area contributed by atoms with E-state index >= 15 is 0 Å². The number of amides is 1. The lowest BCUT2D eigenvalue weighted by Crippen LogP contribution is -2.45. The second kappa shape index (κ2) is 6.60. The number of alkyl halides is 3. The van der Waals surface area contributed by atoms with Crippen LogP contribution in [-0.2, 0) is 6.18 Å². The van der Waals surface area contributed by atoms with Crippen LogP contribution in [0.3, 0.4) is 0 Å². The van der Waals surface area contributed by atoms with Gasteiger partial charge in [-0.15, -0.1) is 10.2 Å². The number of nitrogens with one attached hydrogen (secondary N) is 1. The Kier molecular flexibility index (Phi) is 4.25. The van der Waals surface area contributed by atoms with Crippen LogP contribution in [0.5, 0.6) is 0 Å². The molecular formula is C17H16F3N5O2. The van der Waals surface area contributed by atoms with E-state index in [1.54, 1.807) is 6.07 Å². The van der Waals surface area contributed by atoms with Crippen LogP contribution in [0.2, 0.25) is 0 Å². The normalized spacial score (nSPS) is 16.0. The molecule has 3 aromatic rings. The third-order valence-corrected chi connectivity index (χ3v) is 4.61. The van der Waals surface area contributed by atoms with Gasteiger partial charge in [-0.3, -0.25) is 9.20 Å². The average Bonchev–Trinajstić information content (AvgIpc) is 3.31. The Labute approximate surface area is 151 Å². The summed E-state index contributed by atoms with van der Waals surface area (Å²) in [4.78, 5) is 13.9. The molecule has 27 heavy (non-hydrogen) atoms. The van der Waals surface area contributed by atoms with Crippen LogP contribution in [-0.4, -0.2) is 39.6 Å². The largest absolute Gasteiger partial charge is 0.472 e. The van der Waals surface area contributed by atoms with E-state index in [9.17, 15) is 18.0 Å². The van der Waals surface area contributed by atoms with Crippen molar-refractivity contribution in [2.75, 3.05) is 18.0 Å². The van der Waals surface area contributed by atoms with Gasteiger partial charge in [0.2, 0.25) is 5.95 Å². The molecule has 0 spiro atoms. The van der Waals surface area contributed by atoms with Crippen molar-refractivity contribution < 1.29 is 22.4 Å². The van der Waals surface area contributed by atoms with Gasteiger partial charge in [0.25, 0.3) is 5.91 Å². The first-order valence-electron chi connectivity index (χ1n) is 8.42. The summed E-state index contributed by atoms with van der Waals surface area (Å²) in [6, 6.07) is 3.86. The Hall–Kier alpha value is -3.04. The van der Waals surface area contributed by atoms with E-state index in [-0.39, 0.29) is 11.9 Å². The third-order valence-electron chi connectivity index (χ3n) is 4.61. The molecule has 0 unspecified atom stereocenters. The molecule has 0 aromatic carbocycles. The second-order valence-corrected chi connectivity index (χ2v) is 6.39. The monoisotopic (exact) mass is 379 g/mol. The Bertz CT molecular complexity index is 943. The number of hydrogen-bond donors (Lipinski definition) is 1. The Morgan fingerprint density at radius 1 is 1.19 bits per heavy atom. The van der Waals surface area contributed by atoms with Crippen molar-refractivity contribution in [2.45, 2.75) is 25.1 Å². The van der Waals surface area contributed by atoms with Gasteiger partial charge < -0.3 is 14.6 Å². The predicted octanol–water partition coefficient (Wildman–Crippen LogP) is 2.74. The first-order chi connectivity index (χ1) is 12.9. The molecule has 4 rings (SSSR count). The zero-order valence-electron chi connectivity index (χ0n) is 14.1. The summed E-state index contributed by atoms with van der Waals surface area (Å²) >= 11 is 0. The van der Waals surface area contributed by atoms with Crippen molar-refractivity contribution in [1.82, 2.24) is 19.9 Å². The number of aromatic nitrogens is 3. The van der Waals surface area contributed by atoms with Crippen molar-refractivity contribution in [3.8, 4) is 0 Å². The molecule has 0 bridgehead atoms. The number of carbonyl (C=O) groups excluding carboxylic acids is 1. The lowest BCUT2D eigenvalue weighted by atomic mass is 10.0. The highest BCUT2D eigenvalue weighted by Gasteiger charge is 2.32. The van der Waals surface area contributed by atoms with E-state index < -0.39 is 11.7 Å². The van der Waals surface area contributed by atoms with Gasteiger partial charge in [-0.1, -0.05) is 0 Å². The van der Waals surface area contributed by atoms with Gasteiger partial charge in [0.15, 0.2) is 5.65 Å². The fraction of sp³-hybridized carbons (Fsp3) is 0.353. The minimum Gasteiger partial charge on any atom is -0.472 e. The fourth-order valence-corrected chi connectivity index (χ4v) is 3.15. The zero-order chi connectivity index (χ0) is 19.0. The Morgan fingerprint density at radius 3 is 2.63 bits per heavy atom. The summed E-state index contributed by atoms with van der Waals surface area (Å²) in [7, 11) is 0. The van der Waals surface area contributed by atoms with Crippen molar-refractivity contribution >= 4 is 17.5 Å². The number of hydrogen-bond acceptors (Lipinski definition) is 5. The number of pyridine rings is 1. The summed E-state index contributed by atoms with van der Waals surface area (Å²) in [5.41, 5.74) is 0.0623. The van der Waals surface area contributed by atoms with E-state index in [4.69, 9.17) is 4.42 Å². The maximum Gasteiger partial charge on any atom is 0.417 e. The predicted molar refractivity (Wildman–Crippen MR) is 89.4 cm³/mol. The molecule has 10 heteroatoms. The van der Waals surface area contributed by atoms with Crippen LogP contribution >= 0.6 is 0 Å². The van der Waals surface area contributed by atoms with Crippen LogP contribution in [0.25, 0.3) is 5.65 Å². The average molecular weight is 379 g/mol. The maximum absolute atomic E-state index is 13.0. The van der Waals surface area contributed by atoms with Crippen LogP contribution in [0.4, 0.5) is 19.1 Å². The first-order valence-corrected chi connectivity index (χ1v) is 8.42. The van der Waals surface area contributed by atoms with E-state index in [0.29, 0.717) is 43.1 Å². The van der Waals surface area contributed by atoms with Crippen LogP contribution in [0.1, 0.15) is 28.8 Å². The number of furan rings is 1. The first kappa shape index (κ1) is 17.4. The molecule has 1 amide bonds. The lowest BCUT2D eigenvalue weighted by molar-refractivity contribution is -0.137. The van der Waals surface area contributed by atoms with Gasteiger partial charge >= 0.3 is 6.18 Å². The molecule has 142 valence electrons. The minimum absolute atomic E-state index is 0.0198. The molecule has 7 nitrogen and oxygen atoms in total. The third kappa shape index (κ3) is 3.46. The summed E-state index contributed by atoms with van der Waals surface area (Å²) in [5.74, 6) is 0.167. The van der Waals surface area contributed by atoms with Gasteiger partial charge in [-0.05, 0) is 31.0 Å². The topological polar surface area (TPSA) is 75.7 Å². The van der Waals surface area contributed by atoms with Crippen LogP contribution in [0, 0.1) is 0 Å². The van der Waals surface area contributed by atoms with E-state index in [1.165, 1.54) is 23.0 Å². The van der Waals surface area contributed by atoms with Gasteiger partial charge in [-0.25, -0.2) is 0 Å². The molecular weight excluding hydrogens is 363 g/mol. The van der Waals surface area contributed by atoms with Crippen molar-refractivity contribution in [1.29, 1.82) is 0 Å². The van der Waals surface area contributed by atoms with Crippen molar-refractivity contribution in [3.05, 3.63) is 48.0 Å². The van der Waals surface area contributed by atoms with E-state index in [0.717, 1.165) is 12.3 Å². The van der Waals surface area contributed by atoms with Crippen LogP contribution < -0.4 is 10.2 Å². The van der Waals surface area contributed by atoms with Gasteiger partial charge in [0.1, 0.15) is 6.26 Å². The molecule has 0 atom stereocenters. The summed E-state index contributed by atoms with van der Waals surface area (Å²) in [6.45, 7) is 1.10. The molecule has 1 aliphatic heterocycles. The molecule has 1 N–H and O–H groups in total. The van der Waals surface area contributed by atoms with Gasteiger partial charge in [-0.2, -0.15) is 13.2 Å². The molecule has 1 saturated heterocycles. The molecule has 0 saturated carbocycles. The maximum atomic E-state index is 13.0. The van der Waals surface area contributed by atoms with Crippen LogP contribution in [0.15, 0.2) is 41.3 Å². The highest BCUT2D eigenvalue weighted by Crippen LogP contribution is 2.30. The molecule has 0 aliphatic carbocycles. The standard InChI is InChI=1S/C17H16F3N5O2/c18-17(19,20)12-1-2-14-22-23-16(25(14)9-12)24-6-3-13(4-7-24)21-15(26)11-5-8-27-10-11/h1-2,5,8-10,13H,3-4,6-7H2,(H,21,26). The SMILES string of the molecule is O=C(NC1CCN(c2nnc3ccc(C(F)(F)F)cn23)CC1)c1ccoc1. The molecule has 3 aromatic heterocycles. The zero-order valence-corrected chi connectivity index (χ0v) is 14.1. The number of rotatable bonds is 3. The lowest BCUT2D eigenvalue weighted by Gasteiger charge is -2.32.